The normalized spacial score (nSPS) is 26.7. The van der Waals surface area contributed by atoms with Gasteiger partial charge in [0.25, 0.3) is 0 Å². The fourth-order valence-electron chi connectivity index (χ4n) is 9.33. The van der Waals surface area contributed by atoms with Crippen LogP contribution in [0.15, 0.2) is 30.5 Å². The molecule has 6 aliphatic rings. The lowest BCUT2D eigenvalue weighted by Gasteiger charge is -2.42. The molecule has 0 saturated carbocycles. The van der Waals surface area contributed by atoms with Crippen LogP contribution < -0.4 is 19.7 Å². The summed E-state index contributed by atoms with van der Waals surface area (Å²) >= 11 is 0. The summed E-state index contributed by atoms with van der Waals surface area (Å²) in [5.74, 6) is -1.27. The summed E-state index contributed by atoms with van der Waals surface area (Å²) in [6.07, 6.45) is -0.435. The van der Waals surface area contributed by atoms with E-state index in [0.29, 0.717) is 36.8 Å². The molecule has 4 saturated heterocycles. The number of nitrogens with one attached hydrogen (secondary N) is 1. The van der Waals surface area contributed by atoms with E-state index < -0.39 is 47.2 Å². The van der Waals surface area contributed by atoms with Crippen molar-refractivity contribution >= 4 is 39.7 Å². The Hall–Kier alpha value is -5.03. The number of hydrogen-bond donors (Lipinski definition) is 1. The number of anilines is 1. The predicted octanol–water partition coefficient (Wildman–Crippen LogP) is 5.89. The first-order valence-electron chi connectivity index (χ1n) is 19.4. The van der Waals surface area contributed by atoms with Crippen molar-refractivity contribution in [3.63, 3.8) is 0 Å². The molecule has 6 aliphatic heterocycles. The van der Waals surface area contributed by atoms with E-state index in [4.69, 9.17) is 23.9 Å². The second-order valence-corrected chi connectivity index (χ2v) is 16.2. The molecule has 17 heteroatoms. The van der Waals surface area contributed by atoms with Crippen LogP contribution in [0.3, 0.4) is 0 Å². The molecular formula is C40H43F4N7O6. The summed E-state index contributed by atoms with van der Waals surface area (Å²) in [6.45, 7) is 3.30. The molecule has 4 fully saturated rings. The number of methoxy groups -OCH3 is 1. The predicted molar refractivity (Wildman–Crippen MR) is 200 cm³/mol. The molecule has 2 amide bonds. The van der Waals surface area contributed by atoms with Crippen molar-refractivity contribution in [1.82, 2.24) is 30.1 Å². The van der Waals surface area contributed by atoms with Gasteiger partial charge in [0.1, 0.15) is 47.5 Å². The molecule has 0 spiro atoms. The molecule has 8 heterocycles. The zero-order chi connectivity index (χ0) is 39.6. The smallest absolute Gasteiger partial charge is 0.415 e. The van der Waals surface area contributed by atoms with Gasteiger partial charge >= 0.3 is 18.2 Å². The van der Waals surface area contributed by atoms with Gasteiger partial charge in [0.15, 0.2) is 5.82 Å². The highest BCUT2D eigenvalue weighted by Crippen LogP contribution is 2.43. The third kappa shape index (κ3) is 6.91. The Balaban J connectivity index is 1.21. The topological polar surface area (TPSA) is 131 Å². The van der Waals surface area contributed by atoms with Crippen LogP contribution in [0.1, 0.15) is 44.6 Å². The molecular weight excluding hydrogens is 750 g/mol. The third-order valence-corrected chi connectivity index (χ3v) is 12.1. The van der Waals surface area contributed by atoms with E-state index in [9.17, 15) is 14.0 Å². The largest absolute Gasteiger partial charge is 0.461 e. The number of amides is 2. The number of hydrogen-bond acceptors (Lipinski definition) is 11. The third-order valence-electron chi connectivity index (χ3n) is 12.1. The summed E-state index contributed by atoms with van der Waals surface area (Å²) < 4.78 is 86.4. The summed E-state index contributed by atoms with van der Waals surface area (Å²) in [5.41, 5.74) is -1.76. The van der Waals surface area contributed by atoms with Crippen LogP contribution in [-0.2, 0) is 15.9 Å². The van der Waals surface area contributed by atoms with Crippen molar-refractivity contribution in [2.45, 2.75) is 75.0 Å². The number of fused-ring (bicyclic) bond motifs is 7. The second-order valence-electron chi connectivity index (χ2n) is 16.2. The quantitative estimate of drug-likeness (QED) is 0.243. The molecule has 13 nitrogen and oxygen atoms in total. The number of alkyl carbamates (subject to hydrolysis) is 1. The maximum absolute atomic E-state index is 17.5. The van der Waals surface area contributed by atoms with Crippen LogP contribution in [0.2, 0.25) is 0 Å². The lowest BCUT2D eigenvalue weighted by Crippen LogP contribution is -2.60. The molecule has 4 aromatic rings. The van der Waals surface area contributed by atoms with Crippen molar-refractivity contribution in [2.24, 2.45) is 0 Å². The molecule has 10 rings (SSSR count). The molecule has 2 aromatic carbocycles. The number of piperidine rings is 1. The molecule has 6 bridgehead atoms. The van der Waals surface area contributed by atoms with Crippen molar-refractivity contribution < 1.29 is 46.1 Å². The van der Waals surface area contributed by atoms with E-state index in [1.807, 2.05) is 0 Å². The zero-order valence-electron chi connectivity index (χ0n) is 31.7. The number of alkyl halides is 2. The van der Waals surface area contributed by atoms with Crippen LogP contribution in [0.25, 0.3) is 32.9 Å². The number of aryl methyl sites for hydroxylation is 1. The van der Waals surface area contributed by atoms with Crippen molar-refractivity contribution in [3.8, 4) is 23.0 Å². The van der Waals surface area contributed by atoms with Gasteiger partial charge in [-0.1, -0.05) is 6.07 Å². The van der Waals surface area contributed by atoms with Gasteiger partial charge in [-0.05, 0) is 73.7 Å². The Labute approximate surface area is 325 Å². The first kappa shape index (κ1) is 37.5. The van der Waals surface area contributed by atoms with E-state index in [2.05, 4.69) is 20.2 Å². The van der Waals surface area contributed by atoms with Crippen LogP contribution in [0.4, 0.5) is 33.0 Å². The van der Waals surface area contributed by atoms with Crippen molar-refractivity contribution in [3.05, 3.63) is 47.7 Å². The number of carbonyl (C=O) groups is 2. The fourth-order valence-corrected chi connectivity index (χ4v) is 9.33. The number of rotatable bonds is 5. The van der Waals surface area contributed by atoms with Crippen LogP contribution in [0.5, 0.6) is 11.8 Å². The van der Waals surface area contributed by atoms with Gasteiger partial charge in [0.05, 0.1) is 48.8 Å². The van der Waals surface area contributed by atoms with Crippen LogP contribution >= 0.6 is 0 Å². The minimum absolute atomic E-state index is 0.0232. The Morgan fingerprint density at radius 1 is 1.07 bits per heavy atom. The lowest BCUT2D eigenvalue weighted by molar-refractivity contribution is -0.0173. The number of likely N-dealkylation sites (tertiary alicyclic amines) is 1. The molecule has 2 aromatic heterocycles. The van der Waals surface area contributed by atoms with E-state index >= 15 is 13.2 Å². The highest BCUT2D eigenvalue weighted by molar-refractivity contribution is 6.02. The number of halogens is 4. The van der Waals surface area contributed by atoms with Gasteiger partial charge in [-0.2, -0.15) is 9.97 Å². The maximum atomic E-state index is 17.5. The van der Waals surface area contributed by atoms with Crippen LogP contribution in [0, 0.1) is 11.6 Å². The van der Waals surface area contributed by atoms with Crippen LogP contribution in [-0.4, -0.2) is 126 Å². The van der Waals surface area contributed by atoms with Gasteiger partial charge in [-0.15, -0.1) is 0 Å². The van der Waals surface area contributed by atoms with Gasteiger partial charge in [-0.3, -0.25) is 9.88 Å². The number of ether oxygens (including phenoxy) is 4. The molecule has 0 unspecified atom stereocenters. The van der Waals surface area contributed by atoms with Crippen molar-refractivity contribution in [2.75, 3.05) is 64.5 Å². The summed E-state index contributed by atoms with van der Waals surface area (Å²) in [5, 5.41) is 3.71. The highest BCUT2D eigenvalue weighted by atomic mass is 19.1. The molecule has 0 radical (unpaired) electrons. The summed E-state index contributed by atoms with van der Waals surface area (Å²) in [7, 11) is 1.56. The molecule has 4 atom stereocenters. The standard InChI is InChI=1S/C40H43F4N7O6/c1-39-13-23(41)16-50(20-39)35-29-15-45-33(32(44)34(29)46-36(47-35)56-21-40-8-4-9-51(40)17-24(42)14-40)28-12-25(57-38(53)49-18-26(19-49)54-2)11-22-6-7-30(43)27(31(22)28)5-3-10-55-37(52)48-39/h6-7,11-12,15,23-24,26H,3-5,8-10,13-14,16-21H2,1-2H3,(H,48,52)/t23-,24-,39-,40+/m1/s1. The molecule has 57 heavy (non-hydrogen) atoms. The molecule has 0 aliphatic carbocycles. The van der Waals surface area contributed by atoms with E-state index in [-0.39, 0.29) is 103 Å². The number of carbonyl (C=O) groups excluding carboxylic acids is 2. The Bertz CT molecular complexity index is 2260. The first-order valence-corrected chi connectivity index (χ1v) is 19.4. The Morgan fingerprint density at radius 2 is 1.89 bits per heavy atom. The van der Waals surface area contributed by atoms with Gasteiger partial charge in [0, 0.05) is 44.8 Å². The second kappa shape index (κ2) is 14.4. The van der Waals surface area contributed by atoms with Gasteiger partial charge < -0.3 is 34.1 Å². The SMILES string of the molecule is COC1CN(C(=O)Oc2cc3c4c(c(F)ccc4c2)CCCOC(=O)N[C@]2(C)C[C@@H](F)CN(C2)c2nc(OC[C@@]45CCCN4C[C@H](F)C5)nc4c(F)c-3ncc24)C1. The van der Waals surface area contributed by atoms with Crippen molar-refractivity contribution in [1.29, 1.82) is 0 Å². The number of aromatic nitrogens is 3. The Morgan fingerprint density at radius 3 is 2.72 bits per heavy atom. The molecule has 1 N–H and O–H groups in total. The number of pyridine rings is 1. The monoisotopic (exact) mass is 793 g/mol. The lowest BCUT2D eigenvalue weighted by atomic mass is 9.90. The van der Waals surface area contributed by atoms with E-state index in [1.54, 1.807) is 25.0 Å². The fraction of sp³-hybridized carbons (Fsp3) is 0.525. The zero-order valence-corrected chi connectivity index (χ0v) is 31.7. The molecule has 302 valence electrons. The average Bonchev–Trinajstić information content (AvgIpc) is 3.67. The average molecular weight is 794 g/mol. The summed E-state index contributed by atoms with van der Waals surface area (Å²) in [4.78, 5) is 45.2. The minimum Gasteiger partial charge on any atom is -0.461 e. The van der Waals surface area contributed by atoms with Gasteiger partial charge in [0.2, 0.25) is 0 Å². The summed E-state index contributed by atoms with van der Waals surface area (Å²) in [6, 6.07) is 5.60. The number of nitrogens with zero attached hydrogens (tertiary/aromatic N) is 6. The van der Waals surface area contributed by atoms with Gasteiger partial charge in [-0.25, -0.2) is 27.2 Å². The maximum Gasteiger partial charge on any atom is 0.415 e. The van der Waals surface area contributed by atoms with E-state index in [1.165, 1.54) is 29.3 Å². The minimum atomic E-state index is -1.42. The Kier molecular flexibility index (Phi) is 9.49. The van der Waals surface area contributed by atoms with E-state index in [0.717, 1.165) is 13.0 Å². The number of benzene rings is 2. The highest BCUT2D eigenvalue weighted by Gasteiger charge is 2.49. The first-order chi connectivity index (χ1) is 27.4.